The molecule has 3 rings (SSSR count). The number of esters is 1. The molecule has 1 fully saturated rings. The van der Waals surface area contributed by atoms with Gasteiger partial charge in [-0.3, -0.25) is 19.8 Å². The molecule has 0 spiro atoms. The fraction of sp³-hybridized carbons (Fsp3) is 0.542. The summed E-state index contributed by atoms with van der Waals surface area (Å²) in [6.07, 6.45) is 2.44. The molecule has 1 saturated heterocycles. The van der Waals surface area contributed by atoms with Crippen LogP contribution in [0.5, 0.6) is 0 Å². The van der Waals surface area contributed by atoms with Crippen molar-refractivity contribution in [3.8, 4) is 0 Å². The Balaban J connectivity index is 1.72. The van der Waals surface area contributed by atoms with E-state index >= 15 is 0 Å². The van der Waals surface area contributed by atoms with E-state index in [4.69, 9.17) is 14.6 Å². The molecule has 1 aromatic rings. The average molecular weight is 477 g/mol. The van der Waals surface area contributed by atoms with Crippen molar-refractivity contribution in [2.45, 2.75) is 63.1 Å². The molecule has 10 nitrogen and oxygen atoms in total. The van der Waals surface area contributed by atoms with E-state index in [0.29, 0.717) is 19.3 Å². The van der Waals surface area contributed by atoms with Crippen LogP contribution in [0.15, 0.2) is 42.5 Å². The lowest BCUT2D eigenvalue weighted by Crippen LogP contribution is -2.54. The van der Waals surface area contributed by atoms with Crippen molar-refractivity contribution >= 4 is 18.0 Å². The van der Waals surface area contributed by atoms with Crippen molar-refractivity contribution in [1.82, 2.24) is 10.2 Å². The molecule has 0 bridgehead atoms. The van der Waals surface area contributed by atoms with Crippen molar-refractivity contribution < 1.29 is 39.2 Å². The number of rotatable bonds is 11. The van der Waals surface area contributed by atoms with Crippen molar-refractivity contribution in [3.63, 3.8) is 0 Å². The maximum atomic E-state index is 13.4. The van der Waals surface area contributed by atoms with Gasteiger partial charge in [-0.05, 0) is 37.7 Å². The molecule has 34 heavy (non-hydrogen) atoms. The Morgan fingerprint density at radius 2 is 1.88 bits per heavy atom. The third-order valence-corrected chi connectivity index (χ3v) is 6.24. The quantitative estimate of drug-likeness (QED) is 0.272. The molecule has 1 aliphatic carbocycles. The number of aryl methyl sites for hydroxylation is 1. The van der Waals surface area contributed by atoms with Crippen LogP contribution in [0, 0.1) is 5.92 Å². The van der Waals surface area contributed by atoms with Crippen LogP contribution >= 0.6 is 0 Å². The average Bonchev–Trinajstić information content (AvgIpc) is 3.40. The third kappa shape index (κ3) is 6.34. The molecule has 0 radical (unpaired) electrons. The molecule has 2 aliphatic rings. The lowest BCUT2D eigenvalue weighted by molar-refractivity contribution is -0.156. The number of hydrogen-bond donors (Lipinski definition) is 4. The SMILES string of the molecule is C[C@H](N[C@@H](CCc1ccccc1)C(=O)OC(CO)CO)C(=O)N1[C@@H](OC(=O)O)C[C@@H]2CC=C[C@H]21. The molecule has 1 aliphatic heterocycles. The molecule has 0 saturated carbocycles. The number of allylic oxidation sites excluding steroid dienone is 1. The molecule has 186 valence electrons. The molecular weight excluding hydrogens is 444 g/mol. The summed E-state index contributed by atoms with van der Waals surface area (Å²) in [6, 6.07) is 7.51. The number of carbonyl (C=O) groups excluding carboxylic acids is 2. The van der Waals surface area contributed by atoms with E-state index in [9.17, 15) is 24.6 Å². The van der Waals surface area contributed by atoms with Crippen molar-refractivity contribution in [1.29, 1.82) is 0 Å². The number of amides is 1. The fourth-order valence-electron chi connectivity index (χ4n) is 4.52. The summed E-state index contributed by atoms with van der Waals surface area (Å²) in [5.41, 5.74) is 0.996. The van der Waals surface area contributed by atoms with Crippen LogP contribution < -0.4 is 5.32 Å². The summed E-state index contributed by atoms with van der Waals surface area (Å²) in [4.78, 5) is 38.8. The Labute approximate surface area is 198 Å². The van der Waals surface area contributed by atoms with Crippen LogP contribution in [0.25, 0.3) is 0 Å². The maximum absolute atomic E-state index is 13.4. The predicted molar refractivity (Wildman–Crippen MR) is 121 cm³/mol. The zero-order chi connectivity index (χ0) is 24.7. The molecule has 1 heterocycles. The minimum Gasteiger partial charge on any atom is -0.456 e. The molecule has 1 aromatic carbocycles. The summed E-state index contributed by atoms with van der Waals surface area (Å²) in [5, 5.41) is 30.7. The van der Waals surface area contributed by atoms with E-state index in [1.54, 1.807) is 6.92 Å². The third-order valence-electron chi connectivity index (χ3n) is 6.24. The van der Waals surface area contributed by atoms with E-state index in [1.807, 2.05) is 42.5 Å². The smallest absolute Gasteiger partial charge is 0.456 e. The molecule has 4 N–H and O–H groups in total. The van der Waals surface area contributed by atoms with Gasteiger partial charge in [-0.1, -0.05) is 42.5 Å². The number of ether oxygens (including phenoxy) is 2. The van der Waals surface area contributed by atoms with Gasteiger partial charge >= 0.3 is 12.1 Å². The number of hydrogen-bond acceptors (Lipinski definition) is 8. The first-order chi connectivity index (χ1) is 16.3. The first kappa shape index (κ1) is 25.7. The van der Waals surface area contributed by atoms with Crippen molar-refractivity contribution in [2.24, 2.45) is 5.92 Å². The summed E-state index contributed by atoms with van der Waals surface area (Å²) < 4.78 is 10.2. The largest absolute Gasteiger partial charge is 0.507 e. The minimum absolute atomic E-state index is 0.0919. The van der Waals surface area contributed by atoms with Gasteiger partial charge in [0.1, 0.15) is 12.1 Å². The molecule has 0 unspecified atom stereocenters. The number of fused-ring (bicyclic) bond motifs is 1. The highest BCUT2D eigenvalue weighted by molar-refractivity contribution is 5.84. The van der Waals surface area contributed by atoms with Gasteiger partial charge in [-0.25, -0.2) is 4.79 Å². The predicted octanol–water partition coefficient (Wildman–Crippen LogP) is 1.06. The van der Waals surface area contributed by atoms with E-state index in [2.05, 4.69) is 5.32 Å². The van der Waals surface area contributed by atoms with Gasteiger partial charge in [0.15, 0.2) is 6.23 Å². The van der Waals surface area contributed by atoms with Gasteiger partial charge < -0.3 is 24.8 Å². The van der Waals surface area contributed by atoms with E-state index in [0.717, 1.165) is 12.0 Å². The zero-order valence-electron chi connectivity index (χ0n) is 19.1. The van der Waals surface area contributed by atoms with E-state index in [1.165, 1.54) is 4.90 Å². The Hall–Kier alpha value is -2.95. The summed E-state index contributed by atoms with van der Waals surface area (Å²) in [7, 11) is 0. The number of aliphatic hydroxyl groups excluding tert-OH is 2. The zero-order valence-corrected chi connectivity index (χ0v) is 19.1. The van der Waals surface area contributed by atoms with E-state index < -0.39 is 49.8 Å². The van der Waals surface area contributed by atoms with Crippen molar-refractivity contribution in [2.75, 3.05) is 13.2 Å². The molecule has 10 heteroatoms. The number of nitrogens with one attached hydrogen (secondary N) is 1. The highest BCUT2D eigenvalue weighted by Crippen LogP contribution is 2.38. The number of nitrogens with zero attached hydrogens (tertiary/aromatic N) is 1. The monoisotopic (exact) mass is 476 g/mol. The molecule has 1 amide bonds. The van der Waals surface area contributed by atoms with Crippen LogP contribution in [0.4, 0.5) is 4.79 Å². The van der Waals surface area contributed by atoms with Crippen LogP contribution in [-0.4, -0.2) is 81.9 Å². The van der Waals surface area contributed by atoms with Gasteiger partial charge in [0.2, 0.25) is 5.91 Å². The first-order valence-corrected chi connectivity index (χ1v) is 11.4. The Morgan fingerprint density at radius 3 is 2.53 bits per heavy atom. The van der Waals surface area contributed by atoms with E-state index in [-0.39, 0.29) is 17.9 Å². The first-order valence-electron chi connectivity index (χ1n) is 11.4. The highest BCUT2D eigenvalue weighted by atomic mass is 16.7. The molecule has 0 aromatic heterocycles. The van der Waals surface area contributed by atoms with Crippen LogP contribution in [-0.2, 0) is 25.5 Å². The number of carboxylic acid groups (broad SMARTS) is 1. The lowest BCUT2D eigenvalue weighted by Gasteiger charge is -2.32. The summed E-state index contributed by atoms with van der Waals surface area (Å²) in [5.74, 6) is -0.986. The van der Waals surface area contributed by atoms with Crippen LogP contribution in [0.3, 0.4) is 0 Å². The van der Waals surface area contributed by atoms with Gasteiger partial charge in [0.05, 0.1) is 25.3 Å². The van der Waals surface area contributed by atoms with Crippen molar-refractivity contribution in [3.05, 3.63) is 48.0 Å². The van der Waals surface area contributed by atoms with Crippen LogP contribution in [0.2, 0.25) is 0 Å². The number of aliphatic hydroxyl groups is 2. The van der Waals surface area contributed by atoms with Gasteiger partial charge in [0.25, 0.3) is 0 Å². The topological polar surface area (TPSA) is 146 Å². The highest BCUT2D eigenvalue weighted by Gasteiger charge is 2.47. The summed E-state index contributed by atoms with van der Waals surface area (Å²) >= 11 is 0. The summed E-state index contributed by atoms with van der Waals surface area (Å²) in [6.45, 7) is 0.545. The standard InChI is InChI=1S/C24H32N2O8/c1-15(22(29)26-20-9-5-8-17(20)12-21(26)34-24(31)32)25-19(23(30)33-18(13-27)14-28)11-10-16-6-3-2-4-7-16/h2-7,9,15,17-21,25,27-28H,8,10-14H2,1H3,(H,31,32)/t15-,17-,19-,20+,21-/m0/s1. The number of benzene rings is 1. The normalized spacial score (nSPS) is 22.9. The second-order valence-electron chi connectivity index (χ2n) is 8.62. The second-order valence-corrected chi connectivity index (χ2v) is 8.62. The fourth-order valence-corrected chi connectivity index (χ4v) is 4.52. The number of carbonyl (C=O) groups is 3. The Morgan fingerprint density at radius 1 is 1.18 bits per heavy atom. The number of likely N-dealkylation sites (tertiary alicyclic amines) is 1. The van der Waals surface area contributed by atoms with Crippen LogP contribution in [0.1, 0.15) is 31.7 Å². The molecule has 5 atom stereocenters. The van der Waals surface area contributed by atoms with Gasteiger partial charge in [0, 0.05) is 6.42 Å². The maximum Gasteiger partial charge on any atom is 0.507 e. The van der Waals surface area contributed by atoms with Gasteiger partial charge in [-0.15, -0.1) is 0 Å². The van der Waals surface area contributed by atoms with Gasteiger partial charge in [-0.2, -0.15) is 0 Å². The lowest BCUT2D eigenvalue weighted by atomic mass is 10.0. The minimum atomic E-state index is -1.45. The second kappa shape index (κ2) is 12.0. The Kier molecular flexibility index (Phi) is 9.03. The molecular formula is C24H32N2O8. The Bertz CT molecular complexity index is 873.